The predicted molar refractivity (Wildman–Crippen MR) is 86.0 cm³/mol. The summed E-state index contributed by atoms with van der Waals surface area (Å²) >= 11 is 0. The number of benzene rings is 2. The Labute approximate surface area is 129 Å². The Morgan fingerprint density at radius 2 is 1.77 bits per heavy atom. The second kappa shape index (κ2) is 5.89. The number of rotatable bonds is 4. The highest BCUT2D eigenvalue weighted by molar-refractivity contribution is 5.63. The maximum atomic E-state index is 5.36. The maximum absolute atomic E-state index is 5.36. The van der Waals surface area contributed by atoms with Gasteiger partial charge in [0.1, 0.15) is 5.75 Å². The quantitative estimate of drug-likeness (QED) is 0.737. The monoisotopic (exact) mass is 295 g/mol. The van der Waals surface area contributed by atoms with Gasteiger partial charge in [0, 0.05) is 30.9 Å². The Hall–Kier alpha value is -2.82. The molecule has 0 spiro atoms. The van der Waals surface area contributed by atoms with Crippen LogP contribution in [0.4, 0.5) is 5.69 Å². The largest absolute Gasteiger partial charge is 0.497 e. The Bertz CT molecular complexity index is 764. The molecule has 0 amide bonds. The van der Waals surface area contributed by atoms with Crippen molar-refractivity contribution in [2.45, 2.75) is 0 Å². The minimum absolute atomic E-state index is 0.477. The van der Waals surface area contributed by atoms with E-state index in [1.54, 1.807) is 7.11 Å². The van der Waals surface area contributed by atoms with Crippen molar-refractivity contribution >= 4 is 5.69 Å². The van der Waals surface area contributed by atoms with E-state index in [1.165, 1.54) is 0 Å². The molecule has 0 fully saturated rings. The van der Waals surface area contributed by atoms with Gasteiger partial charge in [0.15, 0.2) is 0 Å². The zero-order chi connectivity index (χ0) is 15.5. The van der Waals surface area contributed by atoms with Crippen LogP contribution < -0.4 is 9.64 Å². The van der Waals surface area contributed by atoms with Crippen molar-refractivity contribution in [3.8, 4) is 28.6 Å². The van der Waals surface area contributed by atoms with Crippen LogP contribution in [0.2, 0.25) is 0 Å². The number of methoxy groups -OCH3 is 1. The third-order valence-corrected chi connectivity index (χ3v) is 3.38. The van der Waals surface area contributed by atoms with Gasteiger partial charge in [-0.05, 0) is 42.5 Å². The van der Waals surface area contributed by atoms with E-state index in [1.807, 2.05) is 67.5 Å². The first-order valence-electron chi connectivity index (χ1n) is 6.93. The van der Waals surface area contributed by atoms with Crippen LogP contribution >= 0.6 is 0 Å². The van der Waals surface area contributed by atoms with Gasteiger partial charge in [0.2, 0.25) is 5.82 Å². The lowest BCUT2D eigenvalue weighted by molar-refractivity contribution is 0.413. The van der Waals surface area contributed by atoms with Gasteiger partial charge in [-0.3, -0.25) is 0 Å². The predicted octanol–water partition coefficient (Wildman–Crippen LogP) is 3.48. The van der Waals surface area contributed by atoms with Gasteiger partial charge in [-0.15, -0.1) is 0 Å². The SMILES string of the molecule is COc1cccc(-c2nc(-c3ccc(N(C)C)cc3)no2)c1. The molecule has 0 aliphatic rings. The van der Waals surface area contributed by atoms with Crippen molar-refractivity contribution in [3.05, 3.63) is 48.5 Å². The zero-order valence-electron chi connectivity index (χ0n) is 12.8. The van der Waals surface area contributed by atoms with Gasteiger partial charge in [0.25, 0.3) is 5.89 Å². The lowest BCUT2D eigenvalue weighted by atomic mass is 10.2. The molecule has 3 rings (SSSR count). The van der Waals surface area contributed by atoms with Crippen LogP contribution in [-0.2, 0) is 0 Å². The molecule has 0 unspecified atom stereocenters. The van der Waals surface area contributed by atoms with Crippen LogP contribution in [0.15, 0.2) is 53.1 Å². The van der Waals surface area contributed by atoms with Crippen LogP contribution in [0.3, 0.4) is 0 Å². The minimum Gasteiger partial charge on any atom is -0.497 e. The van der Waals surface area contributed by atoms with E-state index in [-0.39, 0.29) is 0 Å². The highest BCUT2D eigenvalue weighted by Crippen LogP contribution is 2.26. The van der Waals surface area contributed by atoms with Crippen LogP contribution in [0.1, 0.15) is 0 Å². The summed E-state index contributed by atoms with van der Waals surface area (Å²) in [7, 11) is 5.64. The molecule has 0 saturated carbocycles. The van der Waals surface area contributed by atoms with Crippen molar-refractivity contribution in [2.75, 3.05) is 26.1 Å². The summed E-state index contributed by atoms with van der Waals surface area (Å²) in [5.41, 5.74) is 2.88. The van der Waals surface area contributed by atoms with E-state index < -0.39 is 0 Å². The van der Waals surface area contributed by atoms with Crippen molar-refractivity contribution in [1.29, 1.82) is 0 Å². The van der Waals surface area contributed by atoms with Crippen molar-refractivity contribution in [3.63, 3.8) is 0 Å². The second-order valence-corrected chi connectivity index (χ2v) is 5.10. The topological polar surface area (TPSA) is 51.4 Å². The molecule has 0 aliphatic heterocycles. The average Bonchev–Trinajstić information content (AvgIpc) is 3.05. The lowest BCUT2D eigenvalue weighted by Gasteiger charge is -2.11. The van der Waals surface area contributed by atoms with E-state index in [0.29, 0.717) is 11.7 Å². The Morgan fingerprint density at radius 1 is 1.00 bits per heavy atom. The summed E-state index contributed by atoms with van der Waals surface area (Å²) in [4.78, 5) is 6.50. The van der Waals surface area contributed by atoms with E-state index in [9.17, 15) is 0 Å². The molecule has 1 aromatic heterocycles. The van der Waals surface area contributed by atoms with Crippen LogP contribution in [-0.4, -0.2) is 31.3 Å². The first-order valence-corrected chi connectivity index (χ1v) is 6.93. The molecule has 2 aromatic carbocycles. The van der Waals surface area contributed by atoms with E-state index in [4.69, 9.17) is 9.26 Å². The van der Waals surface area contributed by atoms with Gasteiger partial charge in [0.05, 0.1) is 7.11 Å². The molecule has 22 heavy (non-hydrogen) atoms. The van der Waals surface area contributed by atoms with Crippen LogP contribution in [0.5, 0.6) is 5.75 Å². The van der Waals surface area contributed by atoms with Crippen LogP contribution in [0.25, 0.3) is 22.8 Å². The molecular formula is C17H17N3O2. The highest BCUT2D eigenvalue weighted by Gasteiger charge is 2.11. The summed E-state index contributed by atoms with van der Waals surface area (Å²) < 4.78 is 10.6. The Balaban J connectivity index is 1.89. The van der Waals surface area contributed by atoms with Crippen LogP contribution in [0, 0.1) is 0 Å². The van der Waals surface area contributed by atoms with Crippen molar-refractivity contribution < 1.29 is 9.26 Å². The molecule has 5 heteroatoms. The first kappa shape index (κ1) is 14.1. The minimum atomic E-state index is 0.477. The van der Waals surface area contributed by atoms with Gasteiger partial charge in [-0.1, -0.05) is 11.2 Å². The molecule has 0 saturated heterocycles. The Kier molecular flexibility index (Phi) is 3.78. The van der Waals surface area contributed by atoms with Crippen molar-refractivity contribution in [1.82, 2.24) is 10.1 Å². The zero-order valence-corrected chi connectivity index (χ0v) is 12.8. The fourth-order valence-electron chi connectivity index (χ4n) is 2.12. The second-order valence-electron chi connectivity index (χ2n) is 5.10. The molecule has 5 nitrogen and oxygen atoms in total. The number of nitrogens with zero attached hydrogens (tertiary/aromatic N) is 3. The molecule has 112 valence electrons. The summed E-state index contributed by atoms with van der Waals surface area (Å²) in [6, 6.07) is 15.6. The lowest BCUT2D eigenvalue weighted by Crippen LogP contribution is -2.07. The number of hydrogen-bond acceptors (Lipinski definition) is 5. The molecule has 0 atom stereocenters. The normalized spacial score (nSPS) is 10.5. The fraction of sp³-hybridized carbons (Fsp3) is 0.176. The molecule has 0 N–H and O–H groups in total. The summed E-state index contributed by atoms with van der Waals surface area (Å²) in [6.07, 6.45) is 0. The summed E-state index contributed by atoms with van der Waals surface area (Å²) in [5.74, 6) is 1.81. The van der Waals surface area contributed by atoms with Crippen molar-refractivity contribution in [2.24, 2.45) is 0 Å². The smallest absolute Gasteiger partial charge is 0.258 e. The molecule has 0 aliphatic carbocycles. The Morgan fingerprint density at radius 3 is 2.45 bits per heavy atom. The average molecular weight is 295 g/mol. The van der Waals surface area contributed by atoms with Gasteiger partial charge >= 0.3 is 0 Å². The molecule has 1 heterocycles. The molecule has 0 radical (unpaired) electrons. The van der Waals surface area contributed by atoms with E-state index >= 15 is 0 Å². The first-order chi connectivity index (χ1) is 10.7. The number of aromatic nitrogens is 2. The number of hydrogen-bond donors (Lipinski definition) is 0. The molecule has 3 aromatic rings. The maximum Gasteiger partial charge on any atom is 0.258 e. The van der Waals surface area contributed by atoms with E-state index in [2.05, 4.69) is 10.1 Å². The summed E-state index contributed by atoms with van der Waals surface area (Å²) in [6.45, 7) is 0. The molecule has 0 bridgehead atoms. The highest BCUT2D eigenvalue weighted by atomic mass is 16.5. The fourth-order valence-corrected chi connectivity index (χ4v) is 2.12. The number of anilines is 1. The number of ether oxygens (including phenoxy) is 1. The standard InChI is InChI=1S/C17H17N3O2/c1-20(2)14-9-7-12(8-10-14)16-18-17(22-19-16)13-5-4-6-15(11-13)21-3/h4-11H,1-3H3. The molecular weight excluding hydrogens is 278 g/mol. The third kappa shape index (κ3) is 2.79. The van der Waals surface area contributed by atoms with Gasteiger partial charge in [-0.2, -0.15) is 4.98 Å². The van der Waals surface area contributed by atoms with E-state index in [0.717, 1.165) is 22.6 Å². The summed E-state index contributed by atoms with van der Waals surface area (Å²) in [5, 5.41) is 4.05. The van der Waals surface area contributed by atoms with Gasteiger partial charge < -0.3 is 14.2 Å². The van der Waals surface area contributed by atoms with Gasteiger partial charge in [-0.25, -0.2) is 0 Å². The third-order valence-electron chi connectivity index (χ3n) is 3.38.